The van der Waals surface area contributed by atoms with Crippen LogP contribution in [-0.4, -0.2) is 78.7 Å². The van der Waals surface area contributed by atoms with Gasteiger partial charge in [0.25, 0.3) is 0 Å². The van der Waals surface area contributed by atoms with Crippen molar-refractivity contribution in [2.24, 2.45) is 5.92 Å². The van der Waals surface area contributed by atoms with Crippen LogP contribution in [0.1, 0.15) is 30.7 Å². The van der Waals surface area contributed by atoms with Crippen LogP contribution in [0.15, 0.2) is 12.3 Å². The number of aliphatic hydroxyl groups is 3. The third-order valence-electron chi connectivity index (χ3n) is 6.83. The van der Waals surface area contributed by atoms with Crippen LogP contribution in [0.25, 0.3) is 20.8 Å². The highest BCUT2D eigenvalue weighted by Gasteiger charge is 2.52. The number of aliphatic hydroxyl groups excluding tert-OH is 3. The van der Waals surface area contributed by atoms with Crippen LogP contribution < -0.4 is 10.6 Å². The van der Waals surface area contributed by atoms with Gasteiger partial charge in [-0.3, -0.25) is 4.98 Å². The Kier molecular flexibility index (Phi) is 6.08. The molecule has 0 amide bonds. The van der Waals surface area contributed by atoms with E-state index >= 15 is 0 Å². The van der Waals surface area contributed by atoms with Crippen LogP contribution in [0.3, 0.4) is 0 Å². The molecule has 2 aliphatic carbocycles. The molecule has 35 heavy (non-hydrogen) atoms. The van der Waals surface area contributed by atoms with Gasteiger partial charge in [0.2, 0.25) is 5.95 Å². The zero-order valence-electron chi connectivity index (χ0n) is 19.6. The summed E-state index contributed by atoms with van der Waals surface area (Å²) in [5.74, 6) is -0.147. The van der Waals surface area contributed by atoms with Gasteiger partial charge < -0.3 is 30.7 Å². The van der Waals surface area contributed by atoms with Crippen LogP contribution >= 0.6 is 11.3 Å². The second-order valence-corrected chi connectivity index (χ2v) is 10.3. The number of methoxy groups -OCH3 is 1. The van der Waals surface area contributed by atoms with Crippen LogP contribution in [0.4, 0.5) is 11.8 Å². The number of thiazole rings is 1. The molecule has 2 fully saturated rings. The molecule has 0 aromatic carbocycles. The number of fused-ring (bicyclic) bond motifs is 1. The van der Waals surface area contributed by atoms with Crippen molar-refractivity contribution in [3.05, 3.63) is 23.7 Å². The fourth-order valence-corrected chi connectivity index (χ4v) is 5.73. The number of carbonyl (C=O) groups excluding carboxylic acids is 1. The van der Waals surface area contributed by atoms with Crippen molar-refractivity contribution in [1.29, 1.82) is 0 Å². The van der Waals surface area contributed by atoms with E-state index in [0.29, 0.717) is 41.3 Å². The Balaban J connectivity index is 1.57. The standard InChI is InChI=1S/C23H28N6O5S/c1-10-15(20-27-16-11(2)24-7-4-14(16)35-20)19(26-13-8-12(9-30)17(31)18(13)32)28-22(25-10)29-23(5-6-23)21(33)34-3/h4,7,12-13,17-18,30-32H,5-6,8-9H2,1-3H3,(H2,25,26,28,29)/t12-,13-,17-,18+/m1/s1. The second kappa shape index (κ2) is 8.94. The molecule has 5 N–H and O–H groups in total. The molecular weight excluding hydrogens is 472 g/mol. The maximum Gasteiger partial charge on any atom is 0.331 e. The predicted molar refractivity (Wildman–Crippen MR) is 130 cm³/mol. The first-order chi connectivity index (χ1) is 16.8. The summed E-state index contributed by atoms with van der Waals surface area (Å²) in [5, 5.41) is 37.6. The van der Waals surface area contributed by atoms with E-state index in [4.69, 9.17) is 9.72 Å². The van der Waals surface area contributed by atoms with Gasteiger partial charge in [0, 0.05) is 18.7 Å². The first kappa shape index (κ1) is 23.8. The average Bonchev–Trinajstić information content (AvgIpc) is 3.40. The fourth-order valence-electron chi connectivity index (χ4n) is 4.62. The minimum Gasteiger partial charge on any atom is -0.467 e. The third kappa shape index (κ3) is 4.20. The highest BCUT2D eigenvalue weighted by Crippen LogP contribution is 2.42. The van der Waals surface area contributed by atoms with Gasteiger partial charge in [0.15, 0.2) is 0 Å². The first-order valence-electron chi connectivity index (χ1n) is 11.5. The maximum atomic E-state index is 12.3. The summed E-state index contributed by atoms with van der Waals surface area (Å²) in [6.07, 6.45) is 1.19. The number of anilines is 2. The van der Waals surface area contributed by atoms with E-state index < -0.39 is 29.7 Å². The Morgan fingerprint density at radius 3 is 2.60 bits per heavy atom. The number of aryl methyl sites for hydroxylation is 2. The number of nitrogens with zero attached hydrogens (tertiary/aromatic N) is 4. The van der Waals surface area contributed by atoms with Crippen LogP contribution in [0.5, 0.6) is 0 Å². The van der Waals surface area contributed by atoms with Crippen molar-refractivity contribution in [2.45, 2.75) is 56.9 Å². The molecular formula is C23H28N6O5S. The summed E-state index contributed by atoms with van der Waals surface area (Å²) in [5.41, 5.74) is 2.05. The van der Waals surface area contributed by atoms with E-state index in [9.17, 15) is 20.1 Å². The Hall–Kier alpha value is -2.93. The van der Waals surface area contributed by atoms with Crippen molar-refractivity contribution < 1.29 is 24.9 Å². The van der Waals surface area contributed by atoms with Crippen molar-refractivity contribution in [2.75, 3.05) is 24.4 Å². The molecule has 0 radical (unpaired) electrons. The van der Waals surface area contributed by atoms with Gasteiger partial charge in [-0.1, -0.05) is 0 Å². The third-order valence-corrected chi connectivity index (χ3v) is 7.87. The largest absolute Gasteiger partial charge is 0.467 e. The zero-order valence-corrected chi connectivity index (χ0v) is 20.5. The molecule has 3 aromatic rings. The number of hydrogen-bond donors (Lipinski definition) is 5. The number of esters is 1. The van der Waals surface area contributed by atoms with Gasteiger partial charge in [-0.15, -0.1) is 11.3 Å². The summed E-state index contributed by atoms with van der Waals surface area (Å²) >= 11 is 1.48. The van der Waals surface area contributed by atoms with E-state index in [1.807, 2.05) is 19.9 Å². The van der Waals surface area contributed by atoms with Crippen LogP contribution in [0, 0.1) is 19.8 Å². The fraction of sp³-hybridized carbons (Fsp3) is 0.522. The molecule has 2 saturated carbocycles. The van der Waals surface area contributed by atoms with E-state index in [1.165, 1.54) is 18.4 Å². The normalized spacial score (nSPS) is 25.0. The van der Waals surface area contributed by atoms with Gasteiger partial charge in [-0.05, 0) is 39.2 Å². The lowest BCUT2D eigenvalue weighted by molar-refractivity contribution is -0.142. The summed E-state index contributed by atoms with van der Waals surface area (Å²) in [4.78, 5) is 30.7. The minimum atomic E-state index is -1.08. The van der Waals surface area contributed by atoms with E-state index in [-0.39, 0.29) is 18.5 Å². The lowest BCUT2D eigenvalue weighted by Crippen LogP contribution is -2.36. The van der Waals surface area contributed by atoms with E-state index in [2.05, 4.69) is 25.6 Å². The first-order valence-corrected chi connectivity index (χ1v) is 12.3. The molecule has 0 saturated heterocycles. The molecule has 12 heteroatoms. The molecule has 2 aliphatic rings. The molecule has 5 rings (SSSR count). The zero-order chi connectivity index (χ0) is 24.9. The van der Waals surface area contributed by atoms with Gasteiger partial charge >= 0.3 is 5.97 Å². The number of carbonyl (C=O) groups is 1. The Bertz CT molecular complexity index is 1280. The van der Waals surface area contributed by atoms with Gasteiger partial charge in [0.1, 0.15) is 28.0 Å². The minimum absolute atomic E-state index is 0.231. The lowest BCUT2D eigenvalue weighted by atomic mass is 10.1. The van der Waals surface area contributed by atoms with Gasteiger partial charge in [-0.2, -0.15) is 4.98 Å². The monoisotopic (exact) mass is 500 g/mol. The number of aromatic nitrogens is 4. The lowest BCUT2D eigenvalue weighted by Gasteiger charge is -2.22. The van der Waals surface area contributed by atoms with E-state index in [1.54, 1.807) is 6.20 Å². The Morgan fingerprint density at radius 1 is 1.20 bits per heavy atom. The van der Waals surface area contributed by atoms with Crippen molar-refractivity contribution in [3.8, 4) is 10.6 Å². The summed E-state index contributed by atoms with van der Waals surface area (Å²) < 4.78 is 5.91. The number of rotatable bonds is 7. The molecule has 3 heterocycles. The number of ether oxygens (including phenoxy) is 1. The quantitative estimate of drug-likeness (QED) is 0.298. The molecule has 4 atom stereocenters. The second-order valence-electron chi connectivity index (χ2n) is 9.23. The van der Waals surface area contributed by atoms with Crippen LogP contribution in [0.2, 0.25) is 0 Å². The molecule has 3 aromatic heterocycles. The van der Waals surface area contributed by atoms with Crippen molar-refractivity contribution >= 4 is 39.3 Å². The average molecular weight is 501 g/mol. The van der Waals surface area contributed by atoms with Crippen molar-refractivity contribution in [3.63, 3.8) is 0 Å². The highest BCUT2D eigenvalue weighted by molar-refractivity contribution is 7.21. The highest BCUT2D eigenvalue weighted by atomic mass is 32.1. The number of hydrogen-bond acceptors (Lipinski definition) is 12. The molecule has 0 spiro atoms. The summed E-state index contributed by atoms with van der Waals surface area (Å²) in [7, 11) is 1.35. The smallest absolute Gasteiger partial charge is 0.331 e. The topological polar surface area (TPSA) is 163 Å². The summed E-state index contributed by atoms with van der Waals surface area (Å²) in [6, 6.07) is 1.36. The number of pyridine rings is 1. The predicted octanol–water partition coefficient (Wildman–Crippen LogP) is 1.40. The number of nitrogens with one attached hydrogen (secondary N) is 2. The van der Waals surface area contributed by atoms with Gasteiger partial charge in [-0.25, -0.2) is 14.8 Å². The molecule has 0 unspecified atom stereocenters. The molecule has 0 aliphatic heterocycles. The summed E-state index contributed by atoms with van der Waals surface area (Å²) in [6.45, 7) is 3.50. The van der Waals surface area contributed by atoms with Crippen LogP contribution in [-0.2, 0) is 9.53 Å². The SMILES string of the molecule is COC(=O)C1(Nc2nc(C)c(-c3nc4c(C)nccc4s3)c(N[C@@H]3C[C@H](CO)[C@@H](O)[C@H]3O)n2)CC1. The van der Waals surface area contributed by atoms with E-state index in [0.717, 1.165) is 15.9 Å². The Labute approximate surface area is 205 Å². The van der Waals surface area contributed by atoms with Crippen molar-refractivity contribution in [1.82, 2.24) is 19.9 Å². The molecule has 186 valence electrons. The van der Waals surface area contributed by atoms with Gasteiger partial charge in [0.05, 0.1) is 40.9 Å². The molecule has 11 nitrogen and oxygen atoms in total. The Morgan fingerprint density at radius 2 is 1.97 bits per heavy atom. The maximum absolute atomic E-state index is 12.3. The molecule has 0 bridgehead atoms.